The molecule has 1 heterocycles. The SMILES string of the molecule is NCC(O)C1CCOc2ccc(F)cc21. The Bertz CT molecular complexity index is 356. The fourth-order valence-corrected chi connectivity index (χ4v) is 1.96. The summed E-state index contributed by atoms with van der Waals surface area (Å²) in [6.45, 7) is 0.723. The van der Waals surface area contributed by atoms with Gasteiger partial charge in [-0.2, -0.15) is 0 Å². The minimum atomic E-state index is -0.630. The maximum Gasteiger partial charge on any atom is 0.123 e. The Labute approximate surface area is 87.7 Å². The van der Waals surface area contributed by atoms with Gasteiger partial charge in [-0.05, 0) is 24.6 Å². The molecule has 1 aliphatic heterocycles. The summed E-state index contributed by atoms with van der Waals surface area (Å²) in [5, 5.41) is 9.72. The lowest BCUT2D eigenvalue weighted by Gasteiger charge is -2.28. The quantitative estimate of drug-likeness (QED) is 0.767. The first kappa shape index (κ1) is 10.4. The molecule has 82 valence electrons. The molecule has 0 radical (unpaired) electrons. The van der Waals surface area contributed by atoms with Crippen LogP contribution in [0.3, 0.4) is 0 Å². The van der Waals surface area contributed by atoms with Crippen molar-refractivity contribution in [1.29, 1.82) is 0 Å². The van der Waals surface area contributed by atoms with E-state index < -0.39 is 6.10 Å². The van der Waals surface area contributed by atoms with Gasteiger partial charge in [-0.15, -0.1) is 0 Å². The molecule has 2 unspecified atom stereocenters. The summed E-state index contributed by atoms with van der Waals surface area (Å²) >= 11 is 0. The Balaban J connectivity index is 2.36. The smallest absolute Gasteiger partial charge is 0.123 e. The third-order valence-electron chi connectivity index (χ3n) is 2.76. The number of hydrogen-bond donors (Lipinski definition) is 2. The molecule has 1 aromatic rings. The van der Waals surface area contributed by atoms with Crippen LogP contribution in [0.1, 0.15) is 17.9 Å². The van der Waals surface area contributed by atoms with E-state index in [1.54, 1.807) is 6.07 Å². The Hall–Kier alpha value is -1.13. The molecule has 15 heavy (non-hydrogen) atoms. The highest BCUT2D eigenvalue weighted by atomic mass is 19.1. The van der Waals surface area contributed by atoms with Gasteiger partial charge in [0.15, 0.2) is 0 Å². The van der Waals surface area contributed by atoms with E-state index in [0.717, 1.165) is 5.56 Å². The lowest BCUT2D eigenvalue weighted by atomic mass is 9.88. The molecule has 0 fully saturated rings. The Morgan fingerprint density at radius 2 is 2.40 bits per heavy atom. The number of aliphatic hydroxyl groups is 1. The van der Waals surface area contributed by atoms with E-state index in [2.05, 4.69) is 0 Å². The number of halogens is 1. The van der Waals surface area contributed by atoms with Crippen molar-refractivity contribution in [2.24, 2.45) is 5.73 Å². The van der Waals surface area contributed by atoms with Crippen molar-refractivity contribution in [3.63, 3.8) is 0 Å². The Kier molecular flexibility index (Phi) is 2.88. The van der Waals surface area contributed by atoms with Gasteiger partial charge >= 0.3 is 0 Å². The third-order valence-corrected chi connectivity index (χ3v) is 2.76. The molecule has 0 saturated carbocycles. The summed E-state index contributed by atoms with van der Waals surface area (Å²) in [6.07, 6.45) is 0.0453. The standard InChI is InChI=1S/C11H14FNO2/c12-7-1-2-11-9(5-7)8(3-4-15-11)10(14)6-13/h1-2,5,8,10,14H,3-4,6,13H2. The van der Waals surface area contributed by atoms with Crippen LogP contribution in [0.2, 0.25) is 0 Å². The van der Waals surface area contributed by atoms with Crippen molar-refractivity contribution in [2.75, 3.05) is 13.2 Å². The van der Waals surface area contributed by atoms with Crippen molar-refractivity contribution in [2.45, 2.75) is 18.4 Å². The van der Waals surface area contributed by atoms with Crippen molar-refractivity contribution in [3.05, 3.63) is 29.6 Å². The Morgan fingerprint density at radius 1 is 1.60 bits per heavy atom. The van der Waals surface area contributed by atoms with Crippen LogP contribution in [0.4, 0.5) is 4.39 Å². The van der Waals surface area contributed by atoms with E-state index in [9.17, 15) is 9.50 Å². The van der Waals surface area contributed by atoms with Crippen LogP contribution in [0, 0.1) is 5.82 Å². The second-order valence-corrected chi connectivity index (χ2v) is 3.73. The Morgan fingerprint density at radius 3 is 3.13 bits per heavy atom. The lowest BCUT2D eigenvalue weighted by molar-refractivity contribution is 0.123. The maximum absolute atomic E-state index is 13.1. The first-order chi connectivity index (χ1) is 7.22. The average Bonchev–Trinajstić information content (AvgIpc) is 2.27. The minimum absolute atomic E-state index is 0.116. The number of hydrogen-bond acceptors (Lipinski definition) is 3. The topological polar surface area (TPSA) is 55.5 Å². The summed E-state index contributed by atoms with van der Waals surface area (Å²) in [7, 11) is 0. The van der Waals surface area contributed by atoms with Crippen LogP contribution >= 0.6 is 0 Å². The van der Waals surface area contributed by atoms with Crippen LogP contribution in [0.15, 0.2) is 18.2 Å². The number of rotatable bonds is 2. The van der Waals surface area contributed by atoms with Crippen LogP contribution in [-0.4, -0.2) is 24.4 Å². The van der Waals surface area contributed by atoms with Crippen LogP contribution < -0.4 is 10.5 Å². The maximum atomic E-state index is 13.1. The van der Waals surface area contributed by atoms with E-state index in [1.165, 1.54) is 12.1 Å². The number of ether oxygens (including phenoxy) is 1. The minimum Gasteiger partial charge on any atom is -0.493 e. The van der Waals surface area contributed by atoms with Gasteiger partial charge < -0.3 is 15.6 Å². The molecule has 3 nitrogen and oxygen atoms in total. The molecular weight excluding hydrogens is 197 g/mol. The van der Waals surface area contributed by atoms with Gasteiger partial charge in [-0.1, -0.05) is 0 Å². The van der Waals surface area contributed by atoms with E-state index in [1.807, 2.05) is 0 Å². The summed E-state index contributed by atoms with van der Waals surface area (Å²) in [4.78, 5) is 0. The highest BCUT2D eigenvalue weighted by molar-refractivity contribution is 5.39. The molecule has 0 spiro atoms. The zero-order valence-electron chi connectivity index (χ0n) is 8.32. The van der Waals surface area contributed by atoms with Gasteiger partial charge in [0.2, 0.25) is 0 Å². The van der Waals surface area contributed by atoms with E-state index in [4.69, 9.17) is 10.5 Å². The molecule has 0 bridgehead atoms. The van der Waals surface area contributed by atoms with Gasteiger partial charge in [-0.25, -0.2) is 4.39 Å². The van der Waals surface area contributed by atoms with Crippen molar-refractivity contribution in [3.8, 4) is 5.75 Å². The monoisotopic (exact) mass is 211 g/mol. The summed E-state index contributed by atoms with van der Waals surface area (Å²) in [5.74, 6) is 0.225. The molecular formula is C11H14FNO2. The highest BCUT2D eigenvalue weighted by Crippen LogP contribution is 2.35. The predicted octanol–water partition coefficient (Wildman–Crippen LogP) is 1.01. The number of fused-ring (bicyclic) bond motifs is 1. The largest absolute Gasteiger partial charge is 0.493 e. The van der Waals surface area contributed by atoms with Gasteiger partial charge in [0, 0.05) is 18.0 Å². The number of nitrogens with two attached hydrogens (primary N) is 1. The normalized spacial score (nSPS) is 21.7. The average molecular weight is 211 g/mol. The van der Waals surface area contributed by atoms with Gasteiger partial charge in [0.1, 0.15) is 11.6 Å². The second-order valence-electron chi connectivity index (χ2n) is 3.73. The van der Waals surface area contributed by atoms with Crippen LogP contribution in [-0.2, 0) is 0 Å². The van der Waals surface area contributed by atoms with E-state index >= 15 is 0 Å². The number of aliphatic hydroxyl groups excluding tert-OH is 1. The number of benzene rings is 1. The highest BCUT2D eigenvalue weighted by Gasteiger charge is 2.27. The third kappa shape index (κ3) is 1.96. The molecule has 1 aromatic carbocycles. The molecule has 2 rings (SSSR count). The van der Waals surface area contributed by atoms with Gasteiger partial charge in [0.25, 0.3) is 0 Å². The molecule has 0 saturated heterocycles. The zero-order chi connectivity index (χ0) is 10.8. The second kappa shape index (κ2) is 4.16. The van der Waals surface area contributed by atoms with Crippen LogP contribution in [0.25, 0.3) is 0 Å². The molecule has 0 aromatic heterocycles. The summed E-state index contributed by atoms with van der Waals surface area (Å²) in [5.41, 5.74) is 6.13. The lowest BCUT2D eigenvalue weighted by Crippen LogP contribution is -2.31. The van der Waals surface area contributed by atoms with Crippen molar-refractivity contribution in [1.82, 2.24) is 0 Å². The zero-order valence-corrected chi connectivity index (χ0v) is 8.32. The van der Waals surface area contributed by atoms with E-state index in [0.29, 0.717) is 18.8 Å². The van der Waals surface area contributed by atoms with Crippen molar-refractivity contribution < 1.29 is 14.2 Å². The summed E-state index contributed by atoms with van der Waals surface area (Å²) < 4.78 is 18.5. The molecule has 3 N–H and O–H groups in total. The predicted molar refractivity (Wildman–Crippen MR) is 54.3 cm³/mol. The first-order valence-corrected chi connectivity index (χ1v) is 5.02. The van der Waals surface area contributed by atoms with Gasteiger partial charge in [0.05, 0.1) is 12.7 Å². The molecule has 1 aliphatic rings. The van der Waals surface area contributed by atoms with E-state index in [-0.39, 0.29) is 18.3 Å². The van der Waals surface area contributed by atoms with Gasteiger partial charge in [-0.3, -0.25) is 0 Å². The summed E-state index contributed by atoms with van der Waals surface area (Å²) in [6, 6.07) is 4.37. The molecule has 0 amide bonds. The first-order valence-electron chi connectivity index (χ1n) is 5.02. The van der Waals surface area contributed by atoms with Crippen molar-refractivity contribution >= 4 is 0 Å². The molecule has 4 heteroatoms. The fourth-order valence-electron chi connectivity index (χ4n) is 1.96. The molecule has 2 atom stereocenters. The molecule has 0 aliphatic carbocycles. The van der Waals surface area contributed by atoms with Crippen LogP contribution in [0.5, 0.6) is 5.75 Å². The fraction of sp³-hybridized carbons (Fsp3) is 0.455.